The normalized spacial score (nSPS) is 16.2. The van der Waals surface area contributed by atoms with Crippen LogP contribution in [0.1, 0.15) is 12.8 Å². The number of hydrogen-bond donors (Lipinski definition) is 0. The maximum Gasteiger partial charge on any atom is 0.269 e. The quantitative estimate of drug-likeness (QED) is 0.459. The lowest BCUT2D eigenvalue weighted by atomic mass is 10.2. The van der Waals surface area contributed by atoms with Gasteiger partial charge in [-0.25, -0.2) is 22.0 Å². The van der Waals surface area contributed by atoms with E-state index in [9.17, 15) is 22.0 Å². The Morgan fingerprint density at radius 3 is 2.15 bits per heavy atom. The fraction of sp³-hybridized carbons (Fsp3) is 1.00. The average Bonchev–Trinajstić information content (AvgIpc) is 2.11. The van der Waals surface area contributed by atoms with Gasteiger partial charge in [0.05, 0.1) is 6.61 Å². The van der Waals surface area contributed by atoms with Crippen molar-refractivity contribution in [2.45, 2.75) is 31.8 Å². The molecule has 0 heterocycles. The smallest absolute Gasteiger partial charge is 0.269 e. The maximum atomic E-state index is 12.2. The van der Waals surface area contributed by atoms with Gasteiger partial charge in [-0.3, -0.25) is 0 Å². The van der Waals surface area contributed by atoms with Gasteiger partial charge in [0, 0.05) is 0 Å². The highest BCUT2D eigenvalue weighted by molar-refractivity contribution is 4.57. The predicted octanol–water partition coefficient (Wildman–Crippen LogP) is 2.65. The summed E-state index contributed by atoms with van der Waals surface area (Å²) in [7, 11) is 0. The zero-order valence-electron chi connectivity index (χ0n) is 6.86. The first-order chi connectivity index (χ1) is 6.07. The first kappa shape index (κ1) is 12.6. The van der Waals surface area contributed by atoms with Crippen LogP contribution in [0.3, 0.4) is 0 Å². The number of ether oxygens (including phenoxy) is 1. The molecule has 0 saturated carbocycles. The molecule has 0 rings (SSSR count). The van der Waals surface area contributed by atoms with Crippen LogP contribution < -0.4 is 0 Å². The molecule has 6 heteroatoms. The Bertz CT molecular complexity index is 121. The van der Waals surface area contributed by atoms with Crippen molar-refractivity contribution in [3.63, 3.8) is 0 Å². The second kappa shape index (κ2) is 7.06. The summed E-state index contributed by atoms with van der Waals surface area (Å²) in [5.41, 5.74) is 0. The molecule has 0 aromatic rings. The Morgan fingerprint density at radius 1 is 1.08 bits per heavy atom. The molecule has 0 aliphatic heterocycles. The second-order valence-electron chi connectivity index (χ2n) is 2.43. The number of hydrogen-bond acceptors (Lipinski definition) is 1. The van der Waals surface area contributed by atoms with E-state index in [1.807, 2.05) is 0 Å². The van der Waals surface area contributed by atoms with Crippen LogP contribution in [0.5, 0.6) is 0 Å². The summed E-state index contributed by atoms with van der Waals surface area (Å²) in [5.74, 6) is 0. The molecule has 0 aliphatic carbocycles. The van der Waals surface area contributed by atoms with Crippen LogP contribution in [0.4, 0.5) is 22.0 Å². The van der Waals surface area contributed by atoms with Crippen LogP contribution in [0.25, 0.3) is 0 Å². The first-order valence-electron chi connectivity index (χ1n) is 3.81. The number of halogens is 5. The highest BCUT2D eigenvalue weighted by Crippen LogP contribution is 2.11. The highest BCUT2D eigenvalue weighted by atomic mass is 19.3. The molecule has 0 fully saturated rings. The molecule has 0 bridgehead atoms. The van der Waals surface area contributed by atoms with Gasteiger partial charge in [0.15, 0.2) is 6.17 Å². The van der Waals surface area contributed by atoms with Crippen molar-refractivity contribution in [3.05, 3.63) is 0 Å². The van der Waals surface area contributed by atoms with Gasteiger partial charge in [0.25, 0.3) is 6.43 Å². The summed E-state index contributed by atoms with van der Waals surface area (Å²) in [6, 6.07) is 0. The van der Waals surface area contributed by atoms with Crippen LogP contribution >= 0.6 is 0 Å². The summed E-state index contributed by atoms with van der Waals surface area (Å²) < 4.78 is 62.8. The molecule has 80 valence electrons. The van der Waals surface area contributed by atoms with E-state index < -0.39 is 32.1 Å². The summed E-state index contributed by atoms with van der Waals surface area (Å²) in [5, 5.41) is 0. The van der Waals surface area contributed by atoms with E-state index in [-0.39, 0.29) is 13.0 Å². The van der Waals surface area contributed by atoms with Crippen molar-refractivity contribution < 1.29 is 26.7 Å². The van der Waals surface area contributed by atoms with Crippen LogP contribution in [-0.4, -0.2) is 32.2 Å². The molecule has 0 radical (unpaired) electrons. The largest absolute Gasteiger partial charge is 0.346 e. The Morgan fingerprint density at radius 2 is 1.69 bits per heavy atom. The van der Waals surface area contributed by atoms with Gasteiger partial charge in [-0.2, -0.15) is 0 Å². The molecule has 0 N–H and O–H groups in total. The van der Waals surface area contributed by atoms with E-state index in [2.05, 4.69) is 4.74 Å². The van der Waals surface area contributed by atoms with Crippen LogP contribution in [0, 0.1) is 0 Å². The molecule has 0 saturated heterocycles. The highest BCUT2D eigenvalue weighted by Gasteiger charge is 2.18. The number of rotatable bonds is 7. The molecule has 0 spiro atoms. The van der Waals surface area contributed by atoms with Gasteiger partial charge in [0.2, 0.25) is 6.36 Å². The van der Waals surface area contributed by atoms with Crippen LogP contribution in [0.15, 0.2) is 0 Å². The fourth-order valence-corrected chi connectivity index (χ4v) is 0.660. The van der Waals surface area contributed by atoms with Crippen molar-refractivity contribution in [3.8, 4) is 0 Å². The molecule has 2 atom stereocenters. The van der Waals surface area contributed by atoms with Crippen molar-refractivity contribution >= 4 is 0 Å². The number of alkyl halides is 5. The Balaban J connectivity index is 3.25. The summed E-state index contributed by atoms with van der Waals surface area (Å²) in [6.07, 6.45) is -7.73. The zero-order valence-corrected chi connectivity index (χ0v) is 6.86. The van der Waals surface area contributed by atoms with E-state index in [1.54, 1.807) is 0 Å². The minimum absolute atomic E-state index is 0.0497. The van der Waals surface area contributed by atoms with E-state index in [1.165, 1.54) is 0 Å². The summed E-state index contributed by atoms with van der Waals surface area (Å²) in [6.45, 7) is -1.54. The van der Waals surface area contributed by atoms with Gasteiger partial charge in [-0.05, 0) is 12.8 Å². The van der Waals surface area contributed by atoms with Gasteiger partial charge < -0.3 is 4.74 Å². The third kappa shape index (κ3) is 6.74. The lowest BCUT2D eigenvalue weighted by Crippen LogP contribution is -2.14. The molecule has 0 aromatic carbocycles. The Kier molecular flexibility index (Phi) is 6.84. The SMILES string of the molecule is FCC(F)OCCCC(F)C(F)F. The maximum absolute atomic E-state index is 12.2. The standard InChI is InChI=1S/C7H11F5O/c8-4-6(10)13-3-1-2-5(9)7(11)12/h5-7H,1-4H2. The van der Waals surface area contributed by atoms with Crippen molar-refractivity contribution in [2.75, 3.05) is 13.3 Å². The van der Waals surface area contributed by atoms with E-state index in [0.29, 0.717) is 0 Å². The Hall–Kier alpha value is -0.390. The third-order valence-corrected chi connectivity index (χ3v) is 1.32. The molecule has 0 aliphatic rings. The van der Waals surface area contributed by atoms with Gasteiger partial charge >= 0.3 is 0 Å². The lowest BCUT2D eigenvalue weighted by molar-refractivity contribution is -0.0563. The Labute approximate surface area is 72.9 Å². The molecule has 1 nitrogen and oxygen atoms in total. The molecular weight excluding hydrogens is 195 g/mol. The van der Waals surface area contributed by atoms with Crippen molar-refractivity contribution in [1.29, 1.82) is 0 Å². The first-order valence-corrected chi connectivity index (χ1v) is 3.81. The minimum Gasteiger partial charge on any atom is -0.346 e. The lowest BCUT2D eigenvalue weighted by Gasteiger charge is -2.08. The van der Waals surface area contributed by atoms with Crippen molar-refractivity contribution in [1.82, 2.24) is 0 Å². The van der Waals surface area contributed by atoms with E-state index in [4.69, 9.17) is 0 Å². The van der Waals surface area contributed by atoms with Gasteiger partial charge in [-0.15, -0.1) is 0 Å². The van der Waals surface area contributed by atoms with E-state index in [0.717, 1.165) is 0 Å². The molecule has 2 unspecified atom stereocenters. The minimum atomic E-state index is -3.03. The molecule has 0 aromatic heterocycles. The van der Waals surface area contributed by atoms with Crippen LogP contribution in [-0.2, 0) is 4.74 Å². The van der Waals surface area contributed by atoms with E-state index >= 15 is 0 Å². The predicted molar refractivity (Wildman–Crippen MR) is 37.0 cm³/mol. The van der Waals surface area contributed by atoms with Crippen LogP contribution in [0.2, 0.25) is 0 Å². The molecule has 0 amide bonds. The third-order valence-electron chi connectivity index (χ3n) is 1.32. The molecule has 13 heavy (non-hydrogen) atoms. The second-order valence-corrected chi connectivity index (χ2v) is 2.43. The molecular formula is C7H11F5O. The topological polar surface area (TPSA) is 9.23 Å². The zero-order chi connectivity index (χ0) is 10.3. The van der Waals surface area contributed by atoms with Gasteiger partial charge in [0.1, 0.15) is 6.67 Å². The average molecular weight is 206 g/mol. The van der Waals surface area contributed by atoms with Gasteiger partial charge in [-0.1, -0.05) is 0 Å². The van der Waals surface area contributed by atoms with Crippen molar-refractivity contribution in [2.24, 2.45) is 0 Å². The summed E-state index contributed by atoms with van der Waals surface area (Å²) in [4.78, 5) is 0. The monoisotopic (exact) mass is 206 g/mol. The fourth-order valence-electron chi connectivity index (χ4n) is 0.660. The summed E-state index contributed by atoms with van der Waals surface area (Å²) >= 11 is 0.